The van der Waals surface area contributed by atoms with Gasteiger partial charge in [-0.3, -0.25) is 0 Å². The van der Waals surface area contributed by atoms with Crippen molar-refractivity contribution >= 4 is 0 Å². The largest absolute Gasteiger partial charge is 0.487 e. The van der Waals surface area contributed by atoms with Crippen LogP contribution in [-0.4, -0.2) is 18.8 Å². The molecular formula is C16H23NO2. The molecule has 0 aromatic heterocycles. The van der Waals surface area contributed by atoms with Crippen LogP contribution in [0.3, 0.4) is 0 Å². The molecule has 3 rings (SSSR count). The minimum atomic E-state index is -0.0588. The minimum Gasteiger partial charge on any atom is -0.487 e. The fourth-order valence-electron chi connectivity index (χ4n) is 3.50. The zero-order valence-electron chi connectivity index (χ0n) is 11.8. The Morgan fingerprint density at radius 2 is 2.05 bits per heavy atom. The van der Waals surface area contributed by atoms with Gasteiger partial charge >= 0.3 is 0 Å². The summed E-state index contributed by atoms with van der Waals surface area (Å²) in [6.45, 7) is 2.10. The van der Waals surface area contributed by atoms with Gasteiger partial charge in [0.2, 0.25) is 0 Å². The van der Waals surface area contributed by atoms with Crippen LogP contribution in [0.15, 0.2) is 18.2 Å². The van der Waals surface area contributed by atoms with Gasteiger partial charge in [0.1, 0.15) is 11.4 Å². The predicted octanol–water partition coefficient (Wildman–Crippen LogP) is 3.11. The molecular weight excluding hydrogens is 238 g/mol. The van der Waals surface area contributed by atoms with E-state index >= 15 is 0 Å². The summed E-state index contributed by atoms with van der Waals surface area (Å²) in [5, 5.41) is 0. The first-order valence-corrected chi connectivity index (χ1v) is 7.20. The highest BCUT2D eigenvalue weighted by molar-refractivity contribution is 5.41. The van der Waals surface area contributed by atoms with E-state index in [9.17, 15) is 0 Å². The average molecular weight is 261 g/mol. The molecule has 0 unspecified atom stereocenters. The van der Waals surface area contributed by atoms with Crippen LogP contribution >= 0.6 is 0 Å². The third-order valence-corrected chi connectivity index (χ3v) is 4.66. The number of rotatable bonds is 1. The van der Waals surface area contributed by atoms with Crippen molar-refractivity contribution in [2.75, 3.05) is 7.11 Å². The molecule has 3 nitrogen and oxygen atoms in total. The maximum Gasteiger partial charge on any atom is 0.124 e. The highest BCUT2D eigenvalue weighted by Gasteiger charge is 2.42. The molecule has 1 saturated carbocycles. The Morgan fingerprint density at radius 3 is 2.74 bits per heavy atom. The Hall–Kier alpha value is -1.06. The minimum absolute atomic E-state index is 0.0588. The quantitative estimate of drug-likeness (QED) is 0.844. The monoisotopic (exact) mass is 261 g/mol. The van der Waals surface area contributed by atoms with Crippen molar-refractivity contribution in [1.82, 2.24) is 0 Å². The molecule has 19 heavy (non-hydrogen) atoms. The maximum absolute atomic E-state index is 6.38. The molecule has 1 aromatic rings. The standard InChI is InChI=1S/C16H23NO2/c1-11-3-4-15-13(9-11)14(17)10-16(19-15)7-5-12(18-2)6-8-16/h3-4,9,12,14H,5-8,10,17H2,1-2H3/t12?,14-,16?/m1/s1. The van der Waals surface area contributed by atoms with Gasteiger partial charge in [-0.05, 0) is 38.7 Å². The van der Waals surface area contributed by atoms with Crippen molar-refractivity contribution in [3.05, 3.63) is 29.3 Å². The van der Waals surface area contributed by atoms with Crippen molar-refractivity contribution in [2.45, 2.75) is 56.8 Å². The smallest absolute Gasteiger partial charge is 0.124 e. The second-order valence-electron chi connectivity index (χ2n) is 6.07. The normalized spacial score (nSPS) is 33.8. The van der Waals surface area contributed by atoms with Crippen molar-refractivity contribution < 1.29 is 9.47 Å². The summed E-state index contributed by atoms with van der Waals surface area (Å²) in [4.78, 5) is 0. The van der Waals surface area contributed by atoms with Crippen LogP contribution in [0, 0.1) is 6.92 Å². The molecule has 1 heterocycles. The fourth-order valence-corrected chi connectivity index (χ4v) is 3.50. The summed E-state index contributed by atoms with van der Waals surface area (Å²) < 4.78 is 11.8. The van der Waals surface area contributed by atoms with Crippen LogP contribution < -0.4 is 10.5 Å². The molecule has 2 aliphatic rings. The van der Waals surface area contributed by atoms with Gasteiger partial charge in [-0.15, -0.1) is 0 Å². The van der Waals surface area contributed by atoms with Crippen molar-refractivity contribution in [3.8, 4) is 5.75 Å². The molecule has 1 aromatic carbocycles. The Bertz CT molecular complexity index is 464. The highest BCUT2D eigenvalue weighted by Crippen LogP contribution is 2.45. The van der Waals surface area contributed by atoms with Gasteiger partial charge in [-0.2, -0.15) is 0 Å². The van der Waals surface area contributed by atoms with Crippen LogP contribution in [0.4, 0.5) is 0 Å². The molecule has 1 fully saturated rings. The summed E-state index contributed by atoms with van der Waals surface area (Å²) in [5.41, 5.74) is 8.73. The second-order valence-corrected chi connectivity index (χ2v) is 6.07. The van der Waals surface area contributed by atoms with Crippen LogP contribution in [0.5, 0.6) is 5.75 Å². The highest BCUT2D eigenvalue weighted by atomic mass is 16.5. The molecule has 104 valence electrons. The first kappa shape index (κ1) is 12.9. The number of hydrogen-bond acceptors (Lipinski definition) is 3. The lowest BCUT2D eigenvalue weighted by Gasteiger charge is -2.45. The molecule has 3 heteroatoms. The molecule has 1 aliphatic carbocycles. The second kappa shape index (κ2) is 4.80. The molecule has 1 aliphatic heterocycles. The average Bonchev–Trinajstić information content (AvgIpc) is 2.41. The third-order valence-electron chi connectivity index (χ3n) is 4.66. The predicted molar refractivity (Wildman–Crippen MR) is 75.3 cm³/mol. The fraction of sp³-hybridized carbons (Fsp3) is 0.625. The Balaban J connectivity index is 1.83. The lowest BCUT2D eigenvalue weighted by atomic mass is 9.76. The van der Waals surface area contributed by atoms with Gasteiger partial charge in [0, 0.05) is 25.1 Å². The zero-order chi connectivity index (χ0) is 13.5. The van der Waals surface area contributed by atoms with E-state index in [1.807, 2.05) is 0 Å². The first-order valence-electron chi connectivity index (χ1n) is 7.20. The number of methoxy groups -OCH3 is 1. The molecule has 0 amide bonds. The van der Waals surface area contributed by atoms with Crippen LogP contribution in [-0.2, 0) is 4.74 Å². The van der Waals surface area contributed by atoms with Crippen molar-refractivity contribution in [3.63, 3.8) is 0 Å². The van der Waals surface area contributed by atoms with Crippen molar-refractivity contribution in [2.24, 2.45) is 5.73 Å². The van der Waals surface area contributed by atoms with Gasteiger partial charge in [-0.1, -0.05) is 17.7 Å². The lowest BCUT2D eigenvalue weighted by molar-refractivity contribution is -0.0428. The van der Waals surface area contributed by atoms with Gasteiger partial charge in [0.15, 0.2) is 0 Å². The van der Waals surface area contributed by atoms with E-state index in [1.165, 1.54) is 11.1 Å². The summed E-state index contributed by atoms with van der Waals surface area (Å²) in [5.74, 6) is 0.986. The van der Waals surface area contributed by atoms with E-state index in [2.05, 4.69) is 25.1 Å². The maximum atomic E-state index is 6.38. The zero-order valence-corrected chi connectivity index (χ0v) is 11.8. The van der Waals surface area contributed by atoms with Gasteiger partial charge < -0.3 is 15.2 Å². The lowest BCUT2D eigenvalue weighted by Crippen LogP contribution is -2.46. The van der Waals surface area contributed by atoms with Crippen LogP contribution in [0.1, 0.15) is 49.3 Å². The molecule has 1 spiro atoms. The number of benzene rings is 1. The summed E-state index contributed by atoms with van der Waals surface area (Å²) in [6.07, 6.45) is 5.57. The Morgan fingerprint density at radius 1 is 1.32 bits per heavy atom. The Labute approximate surface area is 115 Å². The SMILES string of the molecule is COC1CCC2(CC1)C[C@@H](N)c1cc(C)ccc1O2. The molecule has 0 saturated heterocycles. The summed E-state index contributed by atoms with van der Waals surface area (Å²) >= 11 is 0. The van der Waals surface area contributed by atoms with E-state index in [4.69, 9.17) is 15.2 Å². The summed E-state index contributed by atoms with van der Waals surface area (Å²) in [7, 11) is 1.80. The number of nitrogens with two attached hydrogens (primary N) is 1. The van der Waals surface area contributed by atoms with E-state index in [-0.39, 0.29) is 11.6 Å². The molecule has 2 N–H and O–H groups in total. The third kappa shape index (κ3) is 2.37. The summed E-state index contributed by atoms with van der Waals surface area (Å²) in [6, 6.07) is 6.44. The van der Waals surface area contributed by atoms with Crippen molar-refractivity contribution in [1.29, 1.82) is 0 Å². The van der Waals surface area contributed by atoms with Crippen LogP contribution in [0.2, 0.25) is 0 Å². The molecule has 1 atom stereocenters. The van der Waals surface area contributed by atoms with Gasteiger partial charge in [0.25, 0.3) is 0 Å². The first-order chi connectivity index (χ1) is 9.12. The van der Waals surface area contributed by atoms with Gasteiger partial charge in [0.05, 0.1) is 6.10 Å². The number of fused-ring (bicyclic) bond motifs is 1. The number of hydrogen-bond donors (Lipinski definition) is 1. The number of ether oxygens (including phenoxy) is 2. The number of aryl methyl sites for hydroxylation is 1. The van der Waals surface area contributed by atoms with E-state index in [1.54, 1.807) is 7.11 Å². The van der Waals surface area contributed by atoms with E-state index in [0.717, 1.165) is 37.9 Å². The van der Waals surface area contributed by atoms with E-state index in [0.29, 0.717) is 6.10 Å². The topological polar surface area (TPSA) is 44.5 Å². The van der Waals surface area contributed by atoms with Gasteiger partial charge in [-0.25, -0.2) is 0 Å². The van der Waals surface area contributed by atoms with Crippen LogP contribution in [0.25, 0.3) is 0 Å². The molecule has 0 radical (unpaired) electrons. The molecule has 0 bridgehead atoms. The van der Waals surface area contributed by atoms with E-state index < -0.39 is 0 Å². The Kier molecular flexibility index (Phi) is 3.27.